The van der Waals surface area contributed by atoms with E-state index in [1.54, 1.807) is 0 Å². The van der Waals surface area contributed by atoms with Gasteiger partial charge in [0.05, 0.1) is 0 Å². The molecule has 0 aliphatic heterocycles. The van der Waals surface area contributed by atoms with Crippen molar-refractivity contribution in [3.63, 3.8) is 0 Å². The molecule has 0 N–H and O–H groups in total. The fraction of sp³-hybridized carbons (Fsp3) is 0.962. The van der Waals surface area contributed by atoms with Gasteiger partial charge in [-0.3, -0.25) is 0 Å². The molecule has 0 aromatic carbocycles. The molecule has 0 aliphatic carbocycles. The zero-order chi connectivity index (χ0) is 20.9. The van der Waals surface area contributed by atoms with Crippen LogP contribution in [0.5, 0.6) is 0 Å². The van der Waals surface area contributed by atoms with Crippen LogP contribution in [0, 0.1) is 11.8 Å². The van der Waals surface area contributed by atoms with Gasteiger partial charge in [-0.2, -0.15) is 0 Å². The second kappa shape index (κ2) is 21.2. The summed E-state index contributed by atoms with van der Waals surface area (Å²) in [6.07, 6.45) is 25.3. The molecule has 2 nitrogen and oxygen atoms in total. The second-order valence-corrected chi connectivity index (χ2v) is 8.97. The van der Waals surface area contributed by atoms with Crippen LogP contribution in [0.1, 0.15) is 149 Å². The number of rotatable bonds is 22. The van der Waals surface area contributed by atoms with Crippen LogP contribution in [0.15, 0.2) is 0 Å². The Bertz CT molecular complexity index is 326. The van der Waals surface area contributed by atoms with E-state index in [2.05, 4.69) is 20.8 Å². The van der Waals surface area contributed by atoms with Crippen molar-refractivity contribution in [2.45, 2.75) is 149 Å². The van der Waals surface area contributed by atoms with Gasteiger partial charge in [-0.1, -0.05) is 136 Å². The Morgan fingerprint density at radius 3 is 1.32 bits per heavy atom. The molecule has 0 aliphatic rings. The molecular weight excluding hydrogens is 344 g/mol. The summed E-state index contributed by atoms with van der Waals surface area (Å²) in [5, 5.41) is 11.6. The lowest BCUT2D eigenvalue weighted by molar-refractivity contribution is -0.313. The first-order valence-electron chi connectivity index (χ1n) is 12.9. The van der Waals surface area contributed by atoms with E-state index in [9.17, 15) is 9.90 Å². The van der Waals surface area contributed by atoms with Gasteiger partial charge in [0.1, 0.15) is 0 Å². The average Bonchev–Trinajstić information content (AvgIpc) is 2.69. The highest BCUT2D eigenvalue weighted by molar-refractivity contribution is 5.67. The molecule has 0 heterocycles. The van der Waals surface area contributed by atoms with Crippen molar-refractivity contribution in [2.75, 3.05) is 0 Å². The van der Waals surface area contributed by atoms with Crippen LogP contribution in [0.3, 0.4) is 0 Å². The molecule has 0 bridgehead atoms. The third kappa shape index (κ3) is 16.4. The van der Waals surface area contributed by atoms with Gasteiger partial charge < -0.3 is 9.90 Å². The molecule has 2 unspecified atom stereocenters. The summed E-state index contributed by atoms with van der Waals surface area (Å²) >= 11 is 0. The highest BCUT2D eigenvalue weighted by Crippen LogP contribution is 2.27. The monoisotopic (exact) mass is 395 g/mol. The minimum atomic E-state index is -0.807. The molecule has 0 radical (unpaired) electrons. The molecule has 0 amide bonds. The van der Waals surface area contributed by atoms with Crippen LogP contribution in [0.2, 0.25) is 0 Å². The minimum absolute atomic E-state index is 0.223. The van der Waals surface area contributed by atoms with Gasteiger partial charge in [-0.05, 0) is 18.8 Å². The number of carbonyl (C=O) groups is 1. The zero-order valence-corrected chi connectivity index (χ0v) is 19.6. The zero-order valence-electron chi connectivity index (χ0n) is 19.6. The van der Waals surface area contributed by atoms with E-state index in [4.69, 9.17) is 0 Å². The van der Waals surface area contributed by atoms with Crippen LogP contribution in [-0.2, 0) is 4.79 Å². The van der Waals surface area contributed by atoms with E-state index in [0.717, 1.165) is 32.1 Å². The summed E-state index contributed by atoms with van der Waals surface area (Å²) in [5.74, 6) is -0.712. The summed E-state index contributed by atoms with van der Waals surface area (Å²) in [6.45, 7) is 6.61. The van der Waals surface area contributed by atoms with E-state index in [1.165, 1.54) is 96.3 Å². The maximum absolute atomic E-state index is 11.6. The van der Waals surface area contributed by atoms with Crippen LogP contribution >= 0.6 is 0 Å². The van der Waals surface area contributed by atoms with Gasteiger partial charge in [0.15, 0.2) is 0 Å². The van der Waals surface area contributed by atoms with Crippen LogP contribution in [0.25, 0.3) is 0 Å². The third-order valence-corrected chi connectivity index (χ3v) is 6.44. The normalized spacial score (nSPS) is 13.5. The average molecular weight is 396 g/mol. The Labute approximate surface area is 177 Å². The molecule has 0 rings (SSSR count). The summed E-state index contributed by atoms with van der Waals surface area (Å²) in [7, 11) is 0. The van der Waals surface area contributed by atoms with Gasteiger partial charge in [0.25, 0.3) is 0 Å². The Hall–Kier alpha value is -0.530. The first-order valence-corrected chi connectivity index (χ1v) is 12.9. The highest BCUT2D eigenvalue weighted by Gasteiger charge is 2.20. The molecule has 0 fully saturated rings. The van der Waals surface area contributed by atoms with Crippen molar-refractivity contribution in [3.8, 4) is 0 Å². The highest BCUT2D eigenvalue weighted by atomic mass is 16.4. The smallest absolute Gasteiger partial charge is 0.0448 e. The number of aliphatic carboxylic acids is 1. The lowest BCUT2D eigenvalue weighted by Crippen LogP contribution is -2.36. The van der Waals surface area contributed by atoms with Crippen LogP contribution in [-0.4, -0.2) is 5.97 Å². The largest absolute Gasteiger partial charge is 0.550 e. The van der Waals surface area contributed by atoms with Crippen LogP contribution < -0.4 is 5.11 Å². The van der Waals surface area contributed by atoms with E-state index in [1.807, 2.05) is 0 Å². The van der Waals surface area contributed by atoms with Gasteiger partial charge in [0, 0.05) is 11.9 Å². The molecule has 2 atom stereocenters. The van der Waals surface area contributed by atoms with E-state index < -0.39 is 5.97 Å². The summed E-state index contributed by atoms with van der Waals surface area (Å²) < 4.78 is 0. The summed E-state index contributed by atoms with van der Waals surface area (Å²) in [4.78, 5) is 11.6. The molecular formula is C26H51O2-. The number of hydrogen-bond donors (Lipinski definition) is 0. The van der Waals surface area contributed by atoms with Gasteiger partial charge in [-0.15, -0.1) is 0 Å². The maximum Gasteiger partial charge on any atom is 0.0448 e. The lowest BCUT2D eigenvalue weighted by Gasteiger charge is -2.27. The minimum Gasteiger partial charge on any atom is -0.550 e. The Kier molecular flexibility index (Phi) is 20.8. The number of hydrogen-bond acceptors (Lipinski definition) is 2. The molecule has 2 heteroatoms. The molecule has 28 heavy (non-hydrogen) atoms. The number of carboxylic acids is 1. The number of carboxylic acid groups (broad SMARTS) is 1. The van der Waals surface area contributed by atoms with E-state index in [0.29, 0.717) is 5.92 Å². The predicted molar refractivity (Wildman–Crippen MR) is 121 cm³/mol. The summed E-state index contributed by atoms with van der Waals surface area (Å²) in [5.41, 5.74) is 0. The maximum atomic E-state index is 11.6. The van der Waals surface area contributed by atoms with Crippen molar-refractivity contribution in [1.29, 1.82) is 0 Å². The molecule has 0 aromatic rings. The Morgan fingerprint density at radius 1 is 0.571 bits per heavy atom. The van der Waals surface area contributed by atoms with Crippen molar-refractivity contribution in [3.05, 3.63) is 0 Å². The SMILES string of the molecule is CCCCCCCCCCCCCCCCC(C(=O)[O-])C(CC)CCCCC. The van der Waals surface area contributed by atoms with Crippen molar-refractivity contribution in [2.24, 2.45) is 11.8 Å². The number of unbranched alkanes of at least 4 members (excludes halogenated alkanes) is 15. The fourth-order valence-electron chi connectivity index (χ4n) is 4.45. The van der Waals surface area contributed by atoms with E-state index >= 15 is 0 Å². The van der Waals surface area contributed by atoms with Crippen molar-refractivity contribution in [1.82, 2.24) is 0 Å². The summed E-state index contributed by atoms with van der Waals surface area (Å²) in [6, 6.07) is 0. The first kappa shape index (κ1) is 27.5. The third-order valence-electron chi connectivity index (χ3n) is 6.44. The number of carbonyl (C=O) groups excluding carboxylic acids is 1. The molecule has 0 spiro atoms. The molecule has 0 aromatic heterocycles. The predicted octanol–water partition coefficient (Wildman–Crippen LogP) is 7.83. The van der Waals surface area contributed by atoms with Crippen molar-refractivity contribution < 1.29 is 9.90 Å². The van der Waals surface area contributed by atoms with Gasteiger partial charge in [0.2, 0.25) is 0 Å². The van der Waals surface area contributed by atoms with Crippen molar-refractivity contribution >= 4 is 5.97 Å². The first-order chi connectivity index (χ1) is 13.7. The lowest BCUT2D eigenvalue weighted by atomic mass is 9.82. The molecule has 0 saturated heterocycles. The second-order valence-electron chi connectivity index (χ2n) is 8.97. The molecule has 0 saturated carbocycles. The van der Waals surface area contributed by atoms with Crippen LogP contribution in [0.4, 0.5) is 0 Å². The molecule has 168 valence electrons. The fourth-order valence-corrected chi connectivity index (χ4v) is 4.45. The quantitative estimate of drug-likeness (QED) is 0.175. The van der Waals surface area contributed by atoms with E-state index in [-0.39, 0.29) is 5.92 Å². The van der Waals surface area contributed by atoms with Gasteiger partial charge >= 0.3 is 0 Å². The standard InChI is InChI=1S/C26H52O2/c1-4-7-9-10-11-12-13-14-15-16-17-18-19-21-23-25(26(27)28)24(6-3)22-20-8-5-2/h24-25H,4-23H2,1-3H3,(H,27,28)/p-1. The van der Waals surface area contributed by atoms with Gasteiger partial charge in [-0.25, -0.2) is 0 Å². The Morgan fingerprint density at radius 2 is 0.929 bits per heavy atom. The Balaban J connectivity index is 3.61. The topological polar surface area (TPSA) is 40.1 Å².